The van der Waals surface area contributed by atoms with Crippen molar-refractivity contribution in [3.8, 4) is 0 Å². The van der Waals surface area contributed by atoms with E-state index in [0.29, 0.717) is 13.0 Å². The number of halogens is 1. The van der Waals surface area contributed by atoms with Gasteiger partial charge in [-0.1, -0.05) is 108 Å². The fourth-order valence-corrected chi connectivity index (χ4v) is 5.29. The number of rotatable bonds is 9. The zero-order chi connectivity index (χ0) is 25.3. The maximum Gasteiger partial charge on any atom is 0.242 e. The lowest BCUT2D eigenvalue weighted by Crippen LogP contribution is -2.50. The molecule has 5 heteroatoms. The van der Waals surface area contributed by atoms with Gasteiger partial charge in [0.2, 0.25) is 11.8 Å². The Balaban J connectivity index is 1.58. The molecule has 36 heavy (non-hydrogen) atoms. The van der Waals surface area contributed by atoms with Crippen molar-refractivity contribution in [2.75, 3.05) is 0 Å². The Bertz CT molecular complexity index is 1070. The van der Waals surface area contributed by atoms with Crippen LogP contribution in [0.4, 0.5) is 0 Å². The van der Waals surface area contributed by atoms with E-state index in [1.165, 1.54) is 6.42 Å². The number of nitrogens with zero attached hydrogens (tertiary/aromatic N) is 1. The van der Waals surface area contributed by atoms with Crippen molar-refractivity contribution in [1.29, 1.82) is 0 Å². The van der Waals surface area contributed by atoms with Crippen LogP contribution in [0.25, 0.3) is 0 Å². The highest BCUT2D eigenvalue weighted by atomic mass is 79.9. The second-order valence-corrected chi connectivity index (χ2v) is 10.7. The minimum atomic E-state index is -0.560. The Morgan fingerprint density at radius 3 is 1.97 bits per heavy atom. The first-order valence-corrected chi connectivity index (χ1v) is 13.7. The minimum Gasteiger partial charge on any atom is -0.352 e. The van der Waals surface area contributed by atoms with Crippen molar-refractivity contribution in [3.05, 3.63) is 106 Å². The maximum atomic E-state index is 13.9. The van der Waals surface area contributed by atoms with E-state index in [1.807, 2.05) is 67.6 Å². The largest absolute Gasteiger partial charge is 0.352 e. The summed E-state index contributed by atoms with van der Waals surface area (Å²) in [6.45, 7) is 2.25. The molecule has 0 bridgehead atoms. The van der Waals surface area contributed by atoms with Crippen molar-refractivity contribution in [2.24, 2.45) is 0 Å². The third-order valence-electron chi connectivity index (χ3n) is 7.17. The van der Waals surface area contributed by atoms with Gasteiger partial charge in [-0.3, -0.25) is 9.59 Å². The van der Waals surface area contributed by atoms with Gasteiger partial charge in [-0.25, -0.2) is 0 Å². The van der Waals surface area contributed by atoms with E-state index in [9.17, 15) is 9.59 Å². The van der Waals surface area contributed by atoms with Gasteiger partial charge < -0.3 is 10.2 Å². The maximum absolute atomic E-state index is 13.9. The van der Waals surface area contributed by atoms with Gasteiger partial charge in [0.05, 0.1) is 0 Å². The van der Waals surface area contributed by atoms with Crippen LogP contribution in [0.5, 0.6) is 0 Å². The van der Waals surface area contributed by atoms with Gasteiger partial charge in [0, 0.05) is 29.4 Å². The van der Waals surface area contributed by atoms with Crippen molar-refractivity contribution in [2.45, 2.75) is 70.0 Å². The first-order chi connectivity index (χ1) is 17.5. The summed E-state index contributed by atoms with van der Waals surface area (Å²) in [6, 6.07) is 27.9. The molecule has 1 N–H and O–H groups in total. The van der Waals surface area contributed by atoms with Crippen LogP contribution < -0.4 is 5.32 Å². The summed E-state index contributed by atoms with van der Waals surface area (Å²) in [5, 5.41) is 3.23. The Kier molecular flexibility index (Phi) is 9.35. The molecule has 1 saturated carbocycles. The third-order valence-corrected chi connectivity index (χ3v) is 7.70. The Morgan fingerprint density at radius 2 is 1.42 bits per heavy atom. The summed E-state index contributed by atoms with van der Waals surface area (Å²) in [5.74, 6) is -0.175. The normalized spacial score (nSPS) is 14.9. The Labute approximate surface area is 223 Å². The lowest BCUT2D eigenvalue weighted by molar-refractivity contribution is -0.141. The second-order valence-electron chi connectivity index (χ2n) is 9.75. The van der Waals surface area contributed by atoms with Crippen LogP contribution in [0.1, 0.15) is 68.1 Å². The molecule has 4 nitrogen and oxygen atoms in total. The summed E-state index contributed by atoms with van der Waals surface area (Å²) in [6.07, 6.45) is 5.86. The number of carbonyl (C=O) groups is 2. The molecular weight excluding hydrogens is 512 g/mol. The van der Waals surface area contributed by atoms with Crippen molar-refractivity contribution in [1.82, 2.24) is 10.2 Å². The van der Waals surface area contributed by atoms with E-state index in [0.717, 1.165) is 46.8 Å². The molecule has 0 heterocycles. The van der Waals surface area contributed by atoms with Crippen molar-refractivity contribution in [3.63, 3.8) is 0 Å². The number of carbonyl (C=O) groups excluding carboxylic acids is 2. The van der Waals surface area contributed by atoms with Gasteiger partial charge >= 0.3 is 0 Å². The molecule has 1 aliphatic carbocycles. The molecule has 3 aromatic carbocycles. The number of hydrogen-bond acceptors (Lipinski definition) is 2. The predicted octanol–water partition coefficient (Wildman–Crippen LogP) is 6.84. The molecule has 0 aromatic heterocycles. The SMILES string of the molecule is C[C@H](C(=O)NC1CCCCC1)N(Cc1ccc(Br)cc1)C(=O)CC(c1ccccc1)c1ccccc1. The first kappa shape index (κ1) is 26.2. The summed E-state index contributed by atoms with van der Waals surface area (Å²) in [4.78, 5) is 29.0. The first-order valence-electron chi connectivity index (χ1n) is 13.0. The molecule has 0 aliphatic heterocycles. The van der Waals surface area contributed by atoms with Crippen LogP contribution >= 0.6 is 15.9 Å². The van der Waals surface area contributed by atoms with Gasteiger partial charge in [-0.2, -0.15) is 0 Å². The molecule has 1 aliphatic rings. The molecule has 3 aromatic rings. The minimum absolute atomic E-state index is 0.0260. The Hall–Kier alpha value is -2.92. The van der Waals surface area contributed by atoms with Crippen LogP contribution in [0.15, 0.2) is 89.4 Å². The quantitative estimate of drug-likeness (QED) is 0.319. The van der Waals surface area contributed by atoms with Gasteiger partial charge in [0.1, 0.15) is 6.04 Å². The lowest BCUT2D eigenvalue weighted by Gasteiger charge is -2.32. The number of nitrogens with one attached hydrogen (secondary N) is 1. The molecule has 2 amide bonds. The third kappa shape index (κ3) is 7.07. The van der Waals surface area contributed by atoms with Crippen LogP contribution in [0.3, 0.4) is 0 Å². The van der Waals surface area contributed by atoms with Crippen molar-refractivity contribution < 1.29 is 9.59 Å². The van der Waals surface area contributed by atoms with Crippen LogP contribution in [0, 0.1) is 0 Å². The zero-order valence-electron chi connectivity index (χ0n) is 20.9. The fourth-order valence-electron chi connectivity index (χ4n) is 5.03. The summed E-state index contributed by atoms with van der Waals surface area (Å²) in [5.41, 5.74) is 3.19. The van der Waals surface area contributed by atoms with E-state index in [1.54, 1.807) is 4.90 Å². The highest BCUT2D eigenvalue weighted by Gasteiger charge is 2.30. The van der Waals surface area contributed by atoms with Crippen LogP contribution in [-0.2, 0) is 16.1 Å². The molecule has 0 saturated heterocycles. The lowest BCUT2D eigenvalue weighted by atomic mass is 9.88. The topological polar surface area (TPSA) is 49.4 Å². The summed E-state index contributed by atoms with van der Waals surface area (Å²) < 4.78 is 0.987. The van der Waals surface area contributed by atoms with Gasteiger partial charge in [-0.05, 0) is 48.6 Å². The number of benzene rings is 3. The van der Waals surface area contributed by atoms with E-state index in [-0.39, 0.29) is 23.8 Å². The monoisotopic (exact) mass is 546 g/mol. The van der Waals surface area contributed by atoms with E-state index >= 15 is 0 Å². The molecule has 1 atom stereocenters. The van der Waals surface area contributed by atoms with Crippen molar-refractivity contribution >= 4 is 27.7 Å². The average molecular weight is 548 g/mol. The van der Waals surface area contributed by atoms with Crippen LogP contribution in [-0.4, -0.2) is 28.8 Å². The summed E-state index contributed by atoms with van der Waals surface area (Å²) >= 11 is 3.49. The second kappa shape index (κ2) is 12.9. The average Bonchev–Trinajstić information content (AvgIpc) is 2.92. The predicted molar refractivity (Wildman–Crippen MR) is 149 cm³/mol. The molecule has 0 spiro atoms. The number of hydrogen-bond donors (Lipinski definition) is 1. The van der Waals surface area contributed by atoms with Gasteiger partial charge in [0.15, 0.2) is 0 Å². The van der Waals surface area contributed by atoms with Gasteiger partial charge in [0.25, 0.3) is 0 Å². The highest BCUT2D eigenvalue weighted by molar-refractivity contribution is 9.10. The molecular formula is C31H35BrN2O2. The van der Waals surface area contributed by atoms with Crippen LogP contribution in [0.2, 0.25) is 0 Å². The summed E-state index contributed by atoms with van der Waals surface area (Å²) in [7, 11) is 0. The van der Waals surface area contributed by atoms with E-state index < -0.39 is 6.04 Å². The molecule has 0 radical (unpaired) electrons. The standard InChI is InChI=1S/C31H35BrN2O2/c1-23(31(36)33-28-15-9-4-10-16-28)34(22-24-17-19-27(32)20-18-24)30(35)21-29(25-11-5-2-6-12-25)26-13-7-3-8-14-26/h2-3,5-8,11-14,17-20,23,28-29H,4,9-10,15-16,21-22H2,1H3,(H,33,36)/t23-/m1/s1. The fraction of sp³-hybridized carbons (Fsp3) is 0.355. The molecule has 188 valence electrons. The van der Waals surface area contributed by atoms with E-state index in [4.69, 9.17) is 0 Å². The number of amides is 2. The highest BCUT2D eigenvalue weighted by Crippen LogP contribution is 2.29. The van der Waals surface area contributed by atoms with E-state index in [2.05, 4.69) is 45.5 Å². The van der Waals surface area contributed by atoms with Gasteiger partial charge in [-0.15, -0.1) is 0 Å². The molecule has 0 unspecified atom stereocenters. The molecule has 4 rings (SSSR count). The molecule has 1 fully saturated rings. The smallest absolute Gasteiger partial charge is 0.242 e. The Morgan fingerprint density at radius 1 is 0.861 bits per heavy atom. The zero-order valence-corrected chi connectivity index (χ0v) is 22.5.